The fraction of sp³-hybridized carbons (Fsp3) is 0.231. The van der Waals surface area contributed by atoms with Gasteiger partial charge in [-0.1, -0.05) is 24.3 Å². The molecule has 1 aliphatic heterocycles. The summed E-state index contributed by atoms with van der Waals surface area (Å²) in [5.74, 6) is 1.66. The van der Waals surface area contributed by atoms with Crippen molar-refractivity contribution in [3.63, 3.8) is 0 Å². The zero-order chi connectivity index (χ0) is 24.6. The smallest absolute Gasteiger partial charge is 0.272 e. The van der Waals surface area contributed by atoms with E-state index in [9.17, 15) is 4.79 Å². The summed E-state index contributed by atoms with van der Waals surface area (Å²) in [5.41, 5.74) is 10.3. The first-order chi connectivity index (χ1) is 17.6. The number of hydrogen-bond donors (Lipinski definition) is 5. The van der Waals surface area contributed by atoms with Crippen LogP contribution in [0.5, 0.6) is 5.75 Å². The van der Waals surface area contributed by atoms with E-state index in [1.165, 1.54) is 0 Å². The van der Waals surface area contributed by atoms with E-state index < -0.39 is 0 Å². The van der Waals surface area contributed by atoms with Crippen LogP contribution >= 0.6 is 0 Å². The van der Waals surface area contributed by atoms with Crippen molar-refractivity contribution >= 4 is 39.3 Å². The molecule has 10 heteroatoms. The van der Waals surface area contributed by atoms with Gasteiger partial charge >= 0.3 is 0 Å². The molecule has 0 radical (unpaired) electrons. The van der Waals surface area contributed by atoms with E-state index in [1.54, 1.807) is 13.2 Å². The van der Waals surface area contributed by atoms with Gasteiger partial charge in [0.25, 0.3) is 5.91 Å². The number of anilines is 2. The Balaban J connectivity index is 1.30. The molecule has 0 atom stereocenters. The van der Waals surface area contributed by atoms with Crippen LogP contribution in [0, 0.1) is 0 Å². The van der Waals surface area contributed by atoms with Gasteiger partial charge in [0.2, 0.25) is 0 Å². The maximum Gasteiger partial charge on any atom is 0.272 e. The van der Waals surface area contributed by atoms with E-state index in [0.29, 0.717) is 39.7 Å². The molecule has 4 heterocycles. The van der Waals surface area contributed by atoms with Gasteiger partial charge in [-0.2, -0.15) is 5.10 Å². The number of rotatable bonds is 5. The molecule has 0 aliphatic carbocycles. The Bertz CT molecular complexity index is 1550. The van der Waals surface area contributed by atoms with Gasteiger partial charge in [-0.25, -0.2) is 9.97 Å². The first-order valence-electron chi connectivity index (χ1n) is 11.9. The van der Waals surface area contributed by atoms with Crippen LogP contribution in [0.2, 0.25) is 0 Å². The largest absolute Gasteiger partial charge is 0.495 e. The minimum absolute atomic E-state index is 0.257. The Labute approximate surface area is 206 Å². The number of piperidine rings is 1. The summed E-state index contributed by atoms with van der Waals surface area (Å²) in [5, 5.41) is 15.4. The second-order valence-electron chi connectivity index (χ2n) is 8.93. The number of nitrogens with two attached hydrogens (primary N) is 1. The molecular formula is C26H26N8O2. The Morgan fingerprint density at radius 2 is 1.94 bits per heavy atom. The van der Waals surface area contributed by atoms with Crippen LogP contribution in [0.1, 0.15) is 35.1 Å². The molecule has 1 fully saturated rings. The molecule has 36 heavy (non-hydrogen) atoms. The van der Waals surface area contributed by atoms with Crippen LogP contribution < -0.4 is 21.1 Å². The number of hydrogen-bond acceptors (Lipinski definition) is 7. The van der Waals surface area contributed by atoms with Crippen molar-refractivity contribution in [2.24, 2.45) is 0 Å². The van der Waals surface area contributed by atoms with E-state index in [2.05, 4.69) is 30.8 Å². The summed E-state index contributed by atoms with van der Waals surface area (Å²) < 4.78 is 5.59. The van der Waals surface area contributed by atoms with Gasteiger partial charge in [0, 0.05) is 22.4 Å². The third-order valence-electron chi connectivity index (χ3n) is 6.68. The van der Waals surface area contributed by atoms with Crippen molar-refractivity contribution in [1.29, 1.82) is 0 Å². The maximum absolute atomic E-state index is 12.9. The number of aromatic nitrogens is 5. The minimum atomic E-state index is -0.257. The van der Waals surface area contributed by atoms with Crippen molar-refractivity contribution in [3.8, 4) is 17.0 Å². The topological polar surface area (TPSA) is 147 Å². The highest BCUT2D eigenvalue weighted by Crippen LogP contribution is 2.35. The molecule has 1 amide bonds. The number of fused-ring (bicyclic) bond motifs is 2. The molecule has 10 nitrogen and oxygen atoms in total. The lowest BCUT2D eigenvalue weighted by atomic mass is 9.97. The van der Waals surface area contributed by atoms with Crippen LogP contribution in [0.4, 0.5) is 11.5 Å². The van der Waals surface area contributed by atoms with Gasteiger partial charge in [0.15, 0.2) is 5.65 Å². The lowest BCUT2D eigenvalue weighted by Crippen LogP contribution is -2.27. The Morgan fingerprint density at radius 3 is 2.75 bits per heavy atom. The lowest BCUT2D eigenvalue weighted by Gasteiger charge is -2.21. The highest BCUT2D eigenvalue weighted by Gasteiger charge is 2.22. The fourth-order valence-corrected chi connectivity index (χ4v) is 4.78. The quantitative estimate of drug-likeness (QED) is 0.256. The van der Waals surface area contributed by atoms with Crippen molar-refractivity contribution in [2.45, 2.75) is 18.8 Å². The Hall–Kier alpha value is -4.44. The highest BCUT2D eigenvalue weighted by atomic mass is 16.5. The van der Waals surface area contributed by atoms with E-state index in [4.69, 9.17) is 15.5 Å². The average molecular weight is 483 g/mol. The third-order valence-corrected chi connectivity index (χ3v) is 6.68. The van der Waals surface area contributed by atoms with E-state index in [-0.39, 0.29) is 11.8 Å². The molecule has 5 aromatic rings. The number of amides is 1. The third kappa shape index (κ3) is 3.91. The van der Waals surface area contributed by atoms with Gasteiger partial charge in [0.05, 0.1) is 23.9 Å². The highest BCUT2D eigenvalue weighted by molar-refractivity contribution is 6.07. The molecule has 0 spiro atoms. The van der Waals surface area contributed by atoms with Crippen molar-refractivity contribution < 1.29 is 9.53 Å². The Morgan fingerprint density at radius 1 is 1.11 bits per heavy atom. The standard InChI is InChI=1S/C26H26N8O2/c1-36-20-13-16(6-7-18(20)30-26(35)19-12-15-4-2-3-5-17(15)29-19)22-21-23(27)31-24(32-25(21)34-33-22)14-8-10-28-11-9-14/h2-7,12-14,28-29H,8-11H2,1H3,(H,30,35)(H3,27,31,32,33,34). The first-order valence-corrected chi connectivity index (χ1v) is 11.9. The molecule has 0 bridgehead atoms. The number of ether oxygens (including phenoxy) is 1. The van der Waals surface area contributed by atoms with Gasteiger partial charge < -0.3 is 26.1 Å². The number of nitrogens with one attached hydrogen (secondary N) is 4. The molecule has 6 N–H and O–H groups in total. The predicted molar refractivity (Wildman–Crippen MR) is 139 cm³/mol. The van der Waals surface area contributed by atoms with Crippen LogP contribution in [0.15, 0.2) is 48.5 Å². The van der Waals surface area contributed by atoms with Crippen molar-refractivity contribution in [2.75, 3.05) is 31.2 Å². The minimum Gasteiger partial charge on any atom is -0.495 e. The monoisotopic (exact) mass is 482 g/mol. The predicted octanol–water partition coefficient (Wildman–Crippen LogP) is 3.81. The zero-order valence-corrected chi connectivity index (χ0v) is 19.8. The number of H-pyrrole nitrogens is 2. The molecule has 2 aromatic carbocycles. The van der Waals surface area contributed by atoms with Crippen molar-refractivity contribution in [3.05, 3.63) is 60.0 Å². The number of benzene rings is 2. The molecule has 1 saturated heterocycles. The molecule has 6 rings (SSSR count). The summed E-state index contributed by atoms with van der Waals surface area (Å²) >= 11 is 0. The number of nitrogens with zero attached hydrogens (tertiary/aromatic N) is 3. The van der Waals surface area contributed by atoms with Crippen molar-refractivity contribution in [1.82, 2.24) is 30.5 Å². The normalized spacial score (nSPS) is 14.4. The lowest BCUT2D eigenvalue weighted by molar-refractivity contribution is 0.102. The molecule has 0 unspecified atom stereocenters. The van der Waals surface area contributed by atoms with Crippen LogP contribution in [-0.2, 0) is 0 Å². The maximum atomic E-state index is 12.9. The number of carbonyl (C=O) groups excluding carboxylic acids is 1. The van der Waals surface area contributed by atoms with E-state index in [0.717, 1.165) is 48.2 Å². The van der Waals surface area contributed by atoms with Gasteiger partial charge in [-0.15, -0.1) is 0 Å². The Kier molecular flexibility index (Phi) is 5.49. The number of aromatic amines is 2. The van der Waals surface area contributed by atoms with E-state index in [1.807, 2.05) is 42.5 Å². The van der Waals surface area contributed by atoms with Gasteiger partial charge in [0.1, 0.15) is 23.1 Å². The van der Waals surface area contributed by atoms with Gasteiger partial charge in [-0.3, -0.25) is 9.89 Å². The molecule has 3 aromatic heterocycles. The second kappa shape index (κ2) is 8.97. The van der Waals surface area contributed by atoms with E-state index >= 15 is 0 Å². The molecule has 1 aliphatic rings. The van der Waals surface area contributed by atoms with Crippen LogP contribution in [-0.4, -0.2) is 51.3 Å². The number of methoxy groups -OCH3 is 1. The summed E-state index contributed by atoms with van der Waals surface area (Å²) in [6.07, 6.45) is 1.95. The average Bonchev–Trinajstić information content (AvgIpc) is 3.54. The summed E-state index contributed by atoms with van der Waals surface area (Å²) in [6.45, 7) is 1.89. The fourth-order valence-electron chi connectivity index (χ4n) is 4.78. The summed E-state index contributed by atoms with van der Waals surface area (Å²) in [4.78, 5) is 25.4. The summed E-state index contributed by atoms with van der Waals surface area (Å²) in [7, 11) is 1.56. The number of para-hydroxylation sites is 1. The van der Waals surface area contributed by atoms with Gasteiger partial charge in [-0.05, 0) is 50.2 Å². The second-order valence-corrected chi connectivity index (χ2v) is 8.93. The number of carbonyl (C=O) groups is 1. The zero-order valence-electron chi connectivity index (χ0n) is 19.8. The molecule has 0 saturated carbocycles. The first kappa shape index (κ1) is 22.1. The molecule has 182 valence electrons. The number of nitrogen functional groups attached to an aromatic ring is 1. The summed E-state index contributed by atoms with van der Waals surface area (Å²) in [6, 6.07) is 15.1. The van der Waals surface area contributed by atoms with Crippen LogP contribution in [0.3, 0.4) is 0 Å². The molecular weight excluding hydrogens is 456 g/mol. The SMILES string of the molecule is COc1cc(-c2[nH]nc3nc(C4CCNCC4)nc(N)c23)ccc1NC(=O)c1cc2ccccc2[nH]1. The van der Waals surface area contributed by atoms with Crippen LogP contribution in [0.25, 0.3) is 33.2 Å².